The van der Waals surface area contributed by atoms with Gasteiger partial charge in [-0.3, -0.25) is 4.79 Å². The van der Waals surface area contributed by atoms with Gasteiger partial charge in [0.05, 0.1) is 0 Å². The van der Waals surface area contributed by atoms with Gasteiger partial charge in [0.1, 0.15) is 17.3 Å². The summed E-state index contributed by atoms with van der Waals surface area (Å²) in [7, 11) is 0. The fourth-order valence-corrected chi connectivity index (χ4v) is 1.13. The monoisotopic (exact) mass is 238 g/mol. The van der Waals surface area contributed by atoms with Gasteiger partial charge in [0.2, 0.25) is 5.91 Å². The van der Waals surface area contributed by atoms with E-state index in [2.05, 4.69) is 5.32 Å². The third kappa shape index (κ3) is 4.27. The van der Waals surface area contributed by atoms with E-state index in [1.54, 1.807) is 31.2 Å². The van der Waals surface area contributed by atoms with Gasteiger partial charge in [-0.2, -0.15) is 0 Å². The maximum absolute atomic E-state index is 11.2. The Bertz CT molecular complexity index is 393. The van der Waals surface area contributed by atoms with E-state index in [4.69, 9.17) is 22.7 Å². The van der Waals surface area contributed by atoms with Crippen LogP contribution in [0, 0.1) is 0 Å². The summed E-state index contributed by atoms with van der Waals surface area (Å²) >= 11 is 4.70. The van der Waals surface area contributed by atoms with Crippen molar-refractivity contribution in [3.8, 4) is 5.75 Å². The lowest BCUT2D eigenvalue weighted by atomic mass is 10.3. The van der Waals surface area contributed by atoms with Crippen LogP contribution in [0.25, 0.3) is 0 Å². The van der Waals surface area contributed by atoms with Crippen LogP contribution in [0.15, 0.2) is 24.3 Å². The summed E-state index contributed by atoms with van der Waals surface area (Å²) in [5.74, 6) is 0.591. The second kappa shape index (κ2) is 6.07. The summed E-state index contributed by atoms with van der Waals surface area (Å²) in [5.41, 5.74) is 6.02. The number of nitrogens with one attached hydrogen (secondary N) is 1. The Balaban J connectivity index is 2.63. The molecule has 0 radical (unpaired) electrons. The number of thiocarbonyl (C=S) groups is 1. The second-order valence-electron chi connectivity index (χ2n) is 3.18. The molecular weight excluding hydrogens is 224 g/mol. The van der Waals surface area contributed by atoms with Gasteiger partial charge in [-0.15, -0.1) is 0 Å². The van der Waals surface area contributed by atoms with Gasteiger partial charge in [0.15, 0.2) is 0 Å². The third-order valence-corrected chi connectivity index (χ3v) is 1.94. The minimum absolute atomic E-state index is 0.0357. The Kier molecular flexibility index (Phi) is 4.72. The maximum Gasteiger partial charge on any atom is 0.224 e. The molecule has 1 aromatic carbocycles. The van der Waals surface area contributed by atoms with Crippen molar-refractivity contribution in [1.82, 2.24) is 0 Å². The Morgan fingerprint density at radius 2 is 2.31 bits per heavy atom. The summed E-state index contributed by atoms with van der Waals surface area (Å²) in [6.45, 7) is 1.99. The molecule has 0 aromatic heterocycles. The number of amides is 1. The van der Waals surface area contributed by atoms with Crippen LogP contribution in [0.2, 0.25) is 0 Å². The number of anilines is 1. The Labute approximate surface area is 99.8 Å². The fourth-order valence-electron chi connectivity index (χ4n) is 1.07. The van der Waals surface area contributed by atoms with Gasteiger partial charge >= 0.3 is 0 Å². The van der Waals surface area contributed by atoms with Crippen molar-refractivity contribution in [3.63, 3.8) is 0 Å². The normalized spacial score (nSPS) is 9.56. The van der Waals surface area contributed by atoms with Crippen LogP contribution < -0.4 is 15.8 Å². The van der Waals surface area contributed by atoms with Crippen LogP contribution in [-0.4, -0.2) is 17.5 Å². The Hall–Kier alpha value is -1.62. The number of carbonyl (C=O) groups excluding carboxylic acids is 1. The van der Waals surface area contributed by atoms with E-state index in [0.29, 0.717) is 22.8 Å². The molecule has 86 valence electrons. The van der Waals surface area contributed by atoms with Crippen LogP contribution in [0.5, 0.6) is 5.75 Å². The molecule has 0 unspecified atom stereocenters. The second-order valence-corrected chi connectivity index (χ2v) is 3.71. The molecule has 1 aromatic rings. The molecule has 4 nitrogen and oxygen atoms in total. The van der Waals surface area contributed by atoms with E-state index in [-0.39, 0.29) is 12.5 Å². The highest BCUT2D eigenvalue weighted by molar-refractivity contribution is 7.80. The van der Waals surface area contributed by atoms with Gasteiger partial charge in [-0.05, 0) is 12.1 Å². The first-order valence-electron chi connectivity index (χ1n) is 4.93. The average Bonchev–Trinajstić information content (AvgIpc) is 2.26. The highest BCUT2D eigenvalue weighted by Crippen LogP contribution is 2.17. The molecule has 16 heavy (non-hydrogen) atoms. The Morgan fingerprint density at radius 1 is 1.56 bits per heavy atom. The number of rotatable bonds is 5. The lowest BCUT2D eigenvalue weighted by molar-refractivity contribution is -0.115. The first kappa shape index (κ1) is 12.4. The van der Waals surface area contributed by atoms with Crippen molar-refractivity contribution in [2.45, 2.75) is 13.3 Å². The van der Waals surface area contributed by atoms with Crippen molar-refractivity contribution < 1.29 is 9.53 Å². The van der Waals surface area contributed by atoms with E-state index in [0.717, 1.165) is 0 Å². The molecule has 0 atom stereocenters. The van der Waals surface area contributed by atoms with Gasteiger partial charge < -0.3 is 15.8 Å². The topological polar surface area (TPSA) is 64.3 Å². The summed E-state index contributed by atoms with van der Waals surface area (Å²) in [5, 5.41) is 2.74. The highest BCUT2D eigenvalue weighted by Gasteiger charge is 2.00. The van der Waals surface area contributed by atoms with Crippen molar-refractivity contribution in [1.29, 1.82) is 0 Å². The summed E-state index contributed by atoms with van der Waals surface area (Å²) in [6, 6.07) is 7.09. The van der Waals surface area contributed by atoms with Gasteiger partial charge in [0, 0.05) is 18.2 Å². The fraction of sp³-hybridized carbons (Fsp3) is 0.273. The highest BCUT2D eigenvalue weighted by atomic mass is 32.1. The minimum atomic E-state index is -0.0357. The molecular formula is C11H14N2O2S. The first-order valence-corrected chi connectivity index (χ1v) is 5.33. The molecule has 5 heteroatoms. The molecule has 0 aliphatic rings. The predicted octanol–water partition coefficient (Wildman–Crippen LogP) is 1.70. The largest absolute Gasteiger partial charge is 0.486 e. The lowest BCUT2D eigenvalue weighted by Gasteiger charge is -2.07. The van der Waals surface area contributed by atoms with E-state index in [1.165, 1.54) is 0 Å². The van der Waals surface area contributed by atoms with Crippen LogP contribution in [0.4, 0.5) is 5.69 Å². The molecule has 0 fully saturated rings. The van der Waals surface area contributed by atoms with Crippen molar-refractivity contribution in [3.05, 3.63) is 24.3 Å². The summed E-state index contributed by atoms with van der Waals surface area (Å²) in [4.78, 5) is 11.5. The summed E-state index contributed by atoms with van der Waals surface area (Å²) in [6.07, 6.45) is 0.442. The number of nitrogens with two attached hydrogens (primary N) is 1. The van der Waals surface area contributed by atoms with Gasteiger partial charge in [0.25, 0.3) is 0 Å². The van der Waals surface area contributed by atoms with Crippen molar-refractivity contribution in [2.75, 3.05) is 11.9 Å². The standard InChI is InChI=1S/C11H14N2O2S/c1-2-11(14)13-8-4-3-5-9(6-8)15-7-10(12)16/h3-6H,2,7H2,1H3,(H2,12,16)(H,13,14). The van der Waals surface area contributed by atoms with Crippen LogP contribution in [-0.2, 0) is 4.79 Å². The molecule has 1 rings (SSSR count). The van der Waals surface area contributed by atoms with Gasteiger partial charge in [-0.25, -0.2) is 0 Å². The molecule has 0 spiro atoms. The molecule has 0 aliphatic carbocycles. The predicted molar refractivity (Wildman–Crippen MR) is 67.6 cm³/mol. The van der Waals surface area contributed by atoms with Crippen molar-refractivity contribution >= 4 is 28.8 Å². The summed E-state index contributed by atoms with van der Waals surface area (Å²) < 4.78 is 5.31. The third-order valence-electron chi connectivity index (χ3n) is 1.82. The first-order chi connectivity index (χ1) is 7.61. The van der Waals surface area contributed by atoms with E-state index >= 15 is 0 Å². The zero-order chi connectivity index (χ0) is 12.0. The van der Waals surface area contributed by atoms with E-state index in [1.807, 2.05) is 0 Å². The van der Waals surface area contributed by atoms with Crippen LogP contribution in [0.3, 0.4) is 0 Å². The molecule has 0 heterocycles. The number of hydrogen-bond donors (Lipinski definition) is 2. The molecule has 3 N–H and O–H groups in total. The van der Waals surface area contributed by atoms with E-state index in [9.17, 15) is 4.79 Å². The molecule has 0 bridgehead atoms. The molecule has 0 saturated heterocycles. The molecule has 1 amide bonds. The lowest BCUT2D eigenvalue weighted by Crippen LogP contribution is -2.18. The molecule has 0 aliphatic heterocycles. The van der Waals surface area contributed by atoms with E-state index < -0.39 is 0 Å². The number of ether oxygens (including phenoxy) is 1. The quantitative estimate of drug-likeness (QED) is 0.766. The zero-order valence-electron chi connectivity index (χ0n) is 9.03. The van der Waals surface area contributed by atoms with Crippen LogP contribution in [0.1, 0.15) is 13.3 Å². The van der Waals surface area contributed by atoms with Gasteiger partial charge in [-0.1, -0.05) is 25.2 Å². The average molecular weight is 238 g/mol. The number of carbonyl (C=O) groups is 1. The number of benzene rings is 1. The SMILES string of the molecule is CCC(=O)Nc1cccc(OCC(N)=S)c1. The number of hydrogen-bond acceptors (Lipinski definition) is 3. The maximum atomic E-state index is 11.2. The molecule has 0 saturated carbocycles. The minimum Gasteiger partial charge on any atom is -0.486 e. The smallest absolute Gasteiger partial charge is 0.224 e. The zero-order valence-corrected chi connectivity index (χ0v) is 9.84. The van der Waals surface area contributed by atoms with Crippen molar-refractivity contribution in [2.24, 2.45) is 5.73 Å². The van der Waals surface area contributed by atoms with Crippen LogP contribution >= 0.6 is 12.2 Å². The Morgan fingerprint density at radius 3 is 2.94 bits per heavy atom.